The summed E-state index contributed by atoms with van der Waals surface area (Å²) in [6, 6.07) is 98.0. The molecule has 0 heterocycles. The number of benzene rings is 11. The number of nitrogens with zero attached hydrogens (tertiary/aromatic N) is 2. The predicted molar refractivity (Wildman–Crippen MR) is 280 cm³/mol. The smallest absolute Gasteiger partial charge is 0.0726 e. The Kier molecular flexibility index (Phi) is 9.11. The van der Waals surface area contributed by atoms with Gasteiger partial charge in [0.15, 0.2) is 0 Å². The summed E-state index contributed by atoms with van der Waals surface area (Å²) in [4.78, 5) is 4.67. The van der Waals surface area contributed by atoms with Gasteiger partial charge >= 0.3 is 0 Å². The highest BCUT2D eigenvalue weighted by molar-refractivity contribution is 6.05. The van der Waals surface area contributed by atoms with E-state index in [0.717, 1.165) is 34.1 Å². The Bertz CT molecular complexity index is 3480. The number of hydrogen-bond acceptors (Lipinski definition) is 2. The maximum absolute atomic E-state index is 2.52. The molecule has 2 aliphatic carbocycles. The Hall–Kier alpha value is -8.72. The molecule has 2 aliphatic rings. The van der Waals surface area contributed by atoms with Gasteiger partial charge in [-0.2, -0.15) is 0 Å². The van der Waals surface area contributed by atoms with Crippen molar-refractivity contribution in [1.29, 1.82) is 0 Å². The molecule has 1 spiro atoms. The SMILES string of the molecule is c1ccc(N(c2ccccc2)c2ccc(-c3cc(-c4ccc(N(c5ccccc5)c5ccccc5)cc4)c4c(c3)C3(c5ccccc5-c5ccccc53)c3cc5ccccc5cc3-4)cc2)cc1. The van der Waals surface area contributed by atoms with E-state index in [9.17, 15) is 0 Å². The van der Waals surface area contributed by atoms with Crippen LogP contribution in [0.3, 0.4) is 0 Å². The van der Waals surface area contributed by atoms with E-state index in [1.54, 1.807) is 0 Å². The average molecular weight is 853 g/mol. The van der Waals surface area contributed by atoms with E-state index in [0.29, 0.717) is 0 Å². The average Bonchev–Trinajstić information content (AvgIpc) is 3.86. The van der Waals surface area contributed by atoms with Gasteiger partial charge in [-0.25, -0.2) is 0 Å². The van der Waals surface area contributed by atoms with Crippen LogP contribution in [0.15, 0.2) is 267 Å². The zero-order chi connectivity index (χ0) is 44.3. The van der Waals surface area contributed by atoms with Gasteiger partial charge in [0.25, 0.3) is 0 Å². The van der Waals surface area contributed by atoms with E-state index < -0.39 is 5.41 Å². The Labute approximate surface area is 391 Å². The van der Waals surface area contributed by atoms with Gasteiger partial charge in [0.05, 0.1) is 5.41 Å². The van der Waals surface area contributed by atoms with E-state index in [2.05, 4.69) is 277 Å². The third-order valence-electron chi connectivity index (χ3n) is 14.0. The topological polar surface area (TPSA) is 6.48 Å². The molecule has 0 saturated heterocycles. The van der Waals surface area contributed by atoms with Gasteiger partial charge in [0, 0.05) is 34.1 Å². The van der Waals surface area contributed by atoms with Crippen molar-refractivity contribution < 1.29 is 0 Å². The van der Waals surface area contributed by atoms with Gasteiger partial charge in [0.2, 0.25) is 0 Å². The van der Waals surface area contributed by atoms with E-state index in [4.69, 9.17) is 0 Å². The standard InChI is InChI=1S/C65H44N2/c1-5-21-50(22-6-1)66(51-23-7-2-8-24-51)54-37-33-45(34-38-54)49-42-58(46-35-39-55(40-36-46)67(52-25-9-3-10-26-52)53-27-11-4-12-28-53)64-59-41-47-19-13-14-20-48(47)43-62(59)65(63(64)44-49)60-31-17-15-29-56(60)57-30-16-18-32-61(57)65/h1-44H. The van der Waals surface area contributed by atoms with Gasteiger partial charge in [0.1, 0.15) is 0 Å². The molecule has 0 N–H and O–H groups in total. The first-order chi connectivity index (χ1) is 33.2. The first kappa shape index (κ1) is 38.7. The van der Waals surface area contributed by atoms with Crippen molar-refractivity contribution in [3.05, 3.63) is 289 Å². The molecule has 314 valence electrons. The molecule has 0 atom stereocenters. The molecule has 13 rings (SSSR count). The number of anilines is 6. The first-order valence-electron chi connectivity index (χ1n) is 23.2. The third-order valence-corrected chi connectivity index (χ3v) is 14.0. The minimum atomic E-state index is -0.526. The van der Waals surface area contributed by atoms with Crippen molar-refractivity contribution in [3.8, 4) is 44.5 Å². The van der Waals surface area contributed by atoms with Crippen LogP contribution in [0, 0.1) is 0 Å². The summed E-state index contributed by atoms with van der Waals surface area (Å²) in [5, 5.41) is 2.49. The molecular formula is C65H44N2. The zero-order valence-electron chi connectivity index (χ0n) is 36.8. The highest BCUT2D eigenvalue weighted by Crippen LogP contribution is 2.65. The van der Waals surface area contributed by atoms with Crippen molar-refractivity contribution in [3.63, 3.8) is 0 Å². The highest BCUT2D eigenvalue weighted by Gasteiger charge is 2.52. The zero-order valence-corrected chi connectivity index (χ0v) is 36.8. The lowest BCUT2D eigenvalue weighted by atomic mass is 9.69. The molecule has 0 bridgehead atoms. The maximum Gasteiger partial charge on any atom is 0.0726 e. The molecule has 0 saturated carbocycles. The number of fused-ring (bicyclic) bond motifs is 11. The van der Waals surface area contributed by atoms with Crippen LogP contribution in [0.1, 0.15) is 22.3 Å². The molecule has 11 aromatic carbocycles. The molecule has 0 aromatic heterocycles. The summed E-state index contributed by atoms with van der Waals surface area (Å²) in [6.07, 6.45) is 0. The second-order valence-electron chi connectivity index (χ2n) is 17.6. The molecule has 2 nitrogen and oxygen atoms in total. The Balaban J connectivity index is 1.06. The fourth-order valence-corrected chi connectivity index (χ4v) is 11.1. The van der Waals surface area contributed by atoms with Gasteiger partial charge in [-0.1, -0.05) is 170 Å². The van der Waals surface area contributed by atoms with Crippen molar-refractivity contribution >= 4 is 44.9 Å². The van der Waals surface area contributed by atoms with Crippen LogP contribution < -0.4 is 9.80 Å². The minimum Gasteiger partial charge on any atom is -0.311 e. The highest BCUT2D eigenvalue weighted by atomic mass is 15.1. The summed E-state index contributed by atoms with van der Waals surface area (Å²) >= 11 is 0. The van der Waals surface area contributed by atoms with Gasteiger partial charge in [-0.3, -0.25) is 0 Å². The summed E-state index contributed by atoms with van der Waals surface area (Å²) in [7, 11) is 0. The van der Waals surface area contributed by atoms with E-state index in [-0.39, 0.29) is 0 Å². The Morgan fingerprint density at radius 1 is 0.224 bits per heavy atom. The molecule has 0 fully saturated rings. The lowest BCUT2D eigenvalue weighted by molar-refractivity contribution is 0.795. The fraction of sp³-hybridized carbons (Fsp3) is 0.0154. The van der Waals surface area contributed by atoms with Crippen molar-refractivity contribution in [2.24, 2.45) is 0 Å². The normalized spacial score (nSPS) is 12.6. The van der Waals surface area contributed by atoms with Crippen LogP contribution in [0.4, 0.5) is 34.1 Å². The van der Waals surface area contributed by atoms with Crippen LogP contribution >= 0.6 is 0 Å². The van der Waals surface area contributed by atoms with Gasteiger partial charge in [-0.15, -0.1) is 0 Å². The molecule has 2 heteroatoms. The van der Waals surface area contributed by atoms with Crippen LogP contribution in [-0.4, -0.2) is 0 Å². The summed E-state index contributed by atoms with van der Waals surface area (Å²) in [5.74, 6) is 0. The molecule has 67 heavy (non-hydrogen) atoms. The van der Waals surface area contributed by atoms with E-state index in [1.165, 1.54) is 77.5 Å². The minimum absolute atomic E-state index is 0.526. The lowest BCUT2D eigenvalue weighted by Gasteiger charge is -2.31. The summed E-state index contributed by atoms with van der Waals surface area (Å²) in [5.41, 5.74) is 21.4. The second-order valence-corrected chi connectivity index (χ2v) is 17.6. The van der Waals surface area contributed by atoms with E-state index in [1.807, 2.05) is 0 Å². The number of rotatable bonds is 8. The van der Waals surface area contributed by atoms with Gasteiger partial charge < -0.3 is 9.80 Å². The largest absolute Gasteiger partial charge is 0.311 e. The molecule has 0 aliphatic heterocycles. The van der Waals surface area contributed by atoms with Gasteiger partial charge in [-0.05, 0) is 175 Å². The van der Waals surface area contributed by atoms with Crippen molar-refractivity contribution in [2.45, 2.75) is 5.41 Å². The molecule has 0 unspecified atom stereocenters. The molecular weight excluding hydrogens is 809 g/mol. The number of para-hydroxylation sites is 4. The quantitative estimate of drug-likeness (QED) is 0.150. The summed E-state index contributed by atoms with van der Waals surface area (Å²) < 4.78 is 0. The third kappa shape index (κ3) is 6.18. The summed E-state index contributed by atoms with van der Waals surface area (Å²) in [6.45, 7) is 0. The monoisotopic (exact) mass is 852 g/mol. The van der Waals surface area contributed by atoms with E-state index >= 15 is 0 Å². The molecule has 0 radical (unpaired) electrons. The van der Waals surface area contributed by atoms with Crippen LogP contribution in [0.2, 0.25) is 0 Å². The van der Waals surface area contributed by atoms with Crippen LogP contribution in [-0.2, 0) is 5.41 Å². The Morgan fingerprint density at radius 3 is 1.09 bits per heavy atom. The lowest BCUT2D eigenvalue weighted by Crippen LogP contribution is -2.26. The molecule has 0 amide bonds. The fourth-order valence-electron chi connectivity index (χ4n) is 11.1. The van der Waals surface area contributed by atoms with Crippen LogP contribution in [0.25, 0.3) is 55.3 Å². The Morgan fingerprint density at radius 2 is 0.612 bits per heavy atom. The van der Waals surface area contributed by atoms with Crippen LogP contribution in [0.5, 0.6) is 0 Å². The molecule has 11 aromatic rings. The maximum atomic E-state index is 2.52. The van der Waals surface area contributed by atoms with Crippen molar-refractivity contribution in [2.75, 3.05) is 9.80 Å². The first-order valence-corrected chi connectivity index (χ1v) is 23.2. The predicted octanol–water partition coefficient (Wildman–Crippen LogP) is 17.5. The number of hydrogen-bond donors (Lipinski definition) is 0. The second kappa shape index (κ2) is 15.8. The van der Waals surface area contributed by atoms with Crippen molar-refractivity contribution in [1.82, 2.24) is 0 Å².